The highest BCUT2D eigenvalue weighted by Crippen LogP contribution is 2.32. The molecule has 0 unspecified atom stereocenters. The van der Waals surface area contributed by atoms with Gasteiger partial charge in [0.05, 0.1) is 11.9 Å². The molecule has 0 fully saturated rings. The quantitative estimate of drug-likeness (QED) is 0.721. The summed E-state index contributed by atoms with van der Waals surface area (Å²) >= 11 is 0. The van der Waals surface area contributed by atoms with Gasteiger partial charge in [0.15, 0.2) is 17.1 Å². The number of aromatic nitrogens is 3. The van der Waals surface area contributed by atoms with E-state index in [-0.39, 0.29) is 18.6 Å². The molecule has 0 atom stereocenters. The van der Waals surface area contributed by atoms with Gasteiger partial charge in [0.25, 0.3) is 0 Å². The lowest BCUT2D eigenvalue weighted by atomic mass is 10.2. The number of nitrogens with one attached hydrogen (secondary N) is 2. The van der Waals surface area contributed by atoms with Gasteiger partial charge in [0, 0.05) is 12.5 Å². The third-order valence-electron chi connectivity index (χ3n) is 4.31. The Morgan fingerprint density at radius 1 is 1.26 bits per heavy atom. The predicted octanol–water partition coefficient (Wildman–Crippen LogP) is 2.97. The summed E-state index contributed by atoms with van der Waals surface area (Å²) in [4.78, 5) is 16.2. The maximum atomic E-state index is 11.8. The number of benzene rings is 1. The lowest BCUT2D eigenvalue weighted by Gasteiger charge is -2.08. The summed E-state index contributed by atoms with van der Waals surface area (Å²) in [6.07, 6.45) is 1.85. The summed E-state index contributed by atoms with van der Waals surface area (Å²) < 4.78 is 12.4. The van der Waals surface area contributed by atoms with Crippen LogP contribution in [0.25, 0.3) is 5.65 Å². The van der Waals surface area contributed by atoms with Crippen molar-refractivity contribution < 1.29 is 14.3 Å². The van der Waals surface area contributed by atoms with Gasteiger partial charge in [0.2, 0.25) is 18.6 Å². The van der Waals surface area contributed by atoms with Crippen LogP contribution >= 0.6 is 0 Å². The number of hydrogen-bond donors (Lipinski definition) is 2. The maximum Gasteiger partial charge on any atom is 0.249 e. The maximum absolute atomic E-state index is 11.8. The highest BCUT2D eigenvalue weighted by atomic mass is 16.7. The number of carbonyl (C=O) groups excluding carboxylic acids is 1. The Hall–Kier alpha value is -3.29. The second-order valence-electron chi connectivity index (χ2n) is 6.80. The normalized spacial score (nSPS) is 12.6. The smallest absolute Gasteiger partial charge is 0.249 e. The van der Waals surface area contributed by atoms with Crippen molar-refractivity contribution in [2.24, 2.45) is 5.92 Å². The molecule has 4 rings (SSSR count). The van der Waals surface area contributed by atoms with Crippen LogP contribution in [0, 0.1) is 12.8 Å². The fourth-order valence-electron chi connectivity index (χ4n) is 2.81. The summed E-state index contributed by atoms with van der Waals surface area (Å²) in [6, 6.07) is 7.89. The minimum Gasteiger partial charge on any atom is -0.454 e. The van der Waals surface area contributed by atoms with Gasteiger partial charge in [-0.15, -0.1) is 5.10 Å². The third-order valence-corrected chi connectivity index (χ3v) is 4.31. The zero-order valence-corrected chi connectivity index (χ0v) is 15.4. The largest absolute Gasteiger partial charge is 0.454 e. The molecule has 0 saturated carbocycles. The van der Waals surface area contributed by atoms with E-state index in [9.17, 15) is 4.79 Å². The number of amides is 1. The summed E-state index contributed by atoms with van der Waals surface area (Å²) in [6.45, 7) is 6.52. The van der Waals surface area contributed by atoms with Crippen LogP contribution in [0.5, 0.6) is 11.5 Å². The van der Waals surface area contributed by atoms with Gasteiger partial charge >= 0.3 is 0 Å². The first-order chi connectivity index (χ1) is 13.0. The topological polar surface area (TPSA) is 89.8 Å². The van der Waals surface area contributed by atoms with E-state index in [1.807, 2.05) is 51.2 Å². The van der Waals surface area contributed by atoms with Gasteiger partial charge in [-0.25, -0.2) is 4.52 Å². The molecule has 27 heavy (non-hydrogen) atoms. The molecule has 1 amide bonds. The van der Waals surface area contributed by atoms with E-state index in [1.54, 1.807) is 4.52 Å². The molecule has 140 valence electrons. The van der Waals surface area contributed by atoms with E-state index in [1.165, 1.54) is 0 Å². The average molecular weight is 367 g/mol. The molecule has 1 aromatic carbocycles. The molecule has 0 aliphatic carbocycles. The number of anilines is 2. The SMILES string of the molecule is Cc1cc(NCc2ccc3c(c2)OCO3)cn2nc(NC(=O)C(C)C)nc12. The fraction of sp³-hybridized carbons (Fsp3) is 0.316. The Morgan fingerprint density at radius 2 is 2.07 bits per heavy atom. The molecular weight excluding hydrogens is 346 g/mol. The van der Waals surface area contributed by atoms with E-state index in [0.29, 0.717) is 18.1 Å². The van der Waals surface area contributed by atoms with Crippen molar-refractivity contribution in [1.82, 2.24) is 14.6 Å². The number of hydrogen-bond acceptors (Lipinski definition) is 6. The van der Waals surface area contributed by atoms with Crippen LogP contribution in [0.4, 0.5) is 11.6 Å². The van der Waals surface area contributed by atoms with E-state index in [0.717, 1.165) is 28.3 Å². The molecule has 0 radical (unpaired) electrons. The Kier molecular flexibility index (Phi) is 4.31. The van der Waals surface area contributed by atoms with Gasteiger partial charge in [-0.3, -0.25) is 10.1 Å². The van der Waals surface area contributed by atoms with E-state index in [2.05, 4.69) is 20.7 Å². The molecular formula is C19H21N5O3. The minimum absolute atomic E-state index is 0.107. The van der Waals surface area contributed by atoms with Crippen molar-refractivity contribution in [3.05, 3.63) is 41.6 Å². The van der Waals surface area contributed by atoms with Crippen LogP contribution in [0.1, 0.15) is 25.0 Å². The molecule has 8 heteroatoms. The van der Waals surface area contributed by atoms with Crippen molar-refractivity contribution in [2.75, 3.05) is 17.4 Å². The number of rotatable bonds is 5. The number of nitrogens with zero attached hydrogens (tertiary/aromatic N) is 3. The predicted molar refractivity (Wildman–Crippen MR) is 101 cm³/mol. The lowest BCUT2D eigenvalue weighted by molar-refractivity contribution is -0.118. The van der Waals surface area contributed by atoms with Gasteiger partial charge in [-0.05, 0) is 36.2 Å². The molecule has 8 nitrogen and oxygen atoms in total. The number of ether oxygens (including phenoxy) is 2. The van der Waals surface area contributed by atoms with Crippen LogP contribution in [-0.2, 0) is 11.3 Å². The molecule has 0 spiro atoms. The molecule has 0 bridgehead atoms. The van der Waals surface area contributed by atoms with Crippen molar-refractivity contribution in [3.63, 3.8) is 0 Å². The molecule has 2 aromatic heterocycles. The molecule has 0 saturated heterocycles. The third kappa shape index (κ3) is 3.51. The zero-order valence-electron chi connectivity index (χ0n) is 15.4. The highest BCUT2D eigenvalue weighted by Gasteiger charge is 2.14. The average Bonchev–Trinajstić information content (AvgIpc) is 3.25. The molecule has 1 aliphatic rings. The summed E-state index contributed by atoms with van der Waals surface area (Å²) in [5, 5.41) is 10.5. The van der Waals surface area contributed by atoms with Crippen molar-refractivity contribution in [3.8, 4) is 11.5 Å². The Balaban J connectivity index is 1.51. The van der Waals surface area contributed by atoms with Crippen LogP contribution in [-0.4, -0.2) is 27.3 Å². The first-order valence-corrected chi connectivity index (χ1v) is 8.80. The van der Waals surface area contributed by atoms with Gasteiger partial charge in [-0.2, -0.15) is 4.98 Å². The molecule has 3 aromatic rings. The second-order valence-corrected chi connectivity index (χ2v) is 6.80. The minimum atomic E-state index is -0.128. The second kappa shape index (κ2) is 6.79. The number of carbonyl (C=O) groups is 1. The first-order valence-electron chi connectivity index (χ1n) is 8.80. The standard InChI is InChI=1S/C19H21N5O3/c1-11(2)18(25)22-19-21-17-12(3)6-14(9-24(17)23-19)20-8-13-4-5-15-16(7-13)27-10-26-15/h4-7,9,11,20H,8,10H2,1-3H3,(H,22,23,25). The monoisotopic (exact) mass is 367 g/mol. The van der Waals surface area contributed by atoms with E-state index < -0.39 is 0 Å². The van der Waals surface area contributed by atoms with Crippen LogP contribution < -0.4 is 20.1 Å². The van der Waals surface area contributed by atoms with Crippen LogP contribution in [0.2, 0.25) is 0 Å². The van der Waals surface area contributed by atoms with Gasteiger partial charge < -0.3 is 14.8 Å². The summed E-state index contributed by atoms with van der Waals surface area (Å²) in [7, 11) is 0. The van der Waals surface area contributed by atoms with Crippen molar-refractivity contribution in [1.29, 1.82) is 0 Å². The number of fused-ring (bicyclic) bond motifs is 2. The zero-order chi connectivity index (χ0) is 19.0. The highest BCUT2D eigenvalue weighted by molar-refractivity contribution is 5.90. The van der Waals surface area contributed by atoms with E-state index in [4.69, 9.17) is 9.47 Å². The molecule has 3 heterocycles. The summed E-state index contributed by atoms with van der Waals surface area (Å²) in [5.41, 5.74) is 3.66. The van der Waals surface area contributed by atoms with Crippen molar-refractivity contribution in [2.45, 2.75) is 27.3 Å². The Bertz CT molecular complexity index is 1010. The molecule has 1 aliphatic heterocycles. The number of pyridine rings is 1. The lowest BCUT2D eigenvalue weighted by Crippen LogP contribution is -2.18. The van der Waals surface area contributed by atoms with Crippen LogP contribution in [0.15, 0.2) is 30.5 Å². The number of aryl methyl sites for hydroxylation is 1. The van der Waals surface area contributed by atoms with E-state index >= 15 is 0 Å². The fourth-order valence-corrected chi connectivity index (χ4v) is 2.81. The van der Waals surface area contributed by atoms with Crippen molar-refractivity contribution >= 4 is 23.2 Å². The molecule has 2 N–H and O–H groups in total. The Morgan fingerprint density at radius 3 is 2.89 bits per heavy atom. The van der Waals surface area contributed by atoms with Gasteiger partial charge in [0.1, 0.15) is 0 Å². The first kappa shape index (κ1) is 17.1. The Labute approximate surface area is 156 Å². The summed E-state index contributed by atoms with van der Waals surface area (Å²) in [5.74, 6) is 1.61. The van der Waals surface area contributed by atoms with Gasteiger partial charge in [-0.1, -0.05) is 19.9 Å². The van der Waals surface area contributed by atoms with Crippen LogP contribution in [0.3, 0.4) is 0 Å².